The van der Waals surface area contributed by atoms with Gasteiger partial charge in [-0.2, -0.15) is 4.99 Å². The summed E-state index contributed by atoms with van der Waals surface area (Å²) < 4.78 is 4.43. The second-order valence-electron chi connectivity index (χ2n) is 2.54. The van der Waals surface area contributed by atoms with Crippen molar-refractivity contribution in [2.75, 3.05) is 7.11 Å². The van der Waals surface area contributed by atoms with Gasteiger partial charge in [-0.05, 0) is 6.08 Å². The maximum Gasteiger partial charge on any atom is 0.433 e. The molecule has 0 N–H and O–H groups in total. The zero-order valence-corrected chi connectivity index (χ0v) is 7.93. The van der Waals surface area contributed by atoms with Crippen LogP contribution in [0.2, 0.25) is 0 Å². The fourth-order valence-electron chi connectivity index (χ4n) is 0.981. The summed E-state index contributed by atoms with van der Waals surface area (Å²) in [5.41, 5.74) is 1.35. The molecule has 0 fully saturated rings. The summed E-state index contributed by atoms with van der Waals surface area (Å²) in [6, 6.07) is 9.33. The van der Waals surface area contributed by atoms with Crippen LogP contribution < -0.4 is 0 Å². The molecule has 0 aliphatic heterocycles. The first kappa shape index (κ1) is 10.2. The lowest BCUT2D eigenvalue weighted by atomic mass is 10.1. The predicted molar refractivity (Wildman–Crippen MR) is 55.6 cm³/mol. The number of aliphatic imine (C=N–C) groups is 1. The molecular weight excluding hydrogens is 178 g/mol. The maximum atomic E-state index is 10.9. The van der Waals surface area contributed by atoms with E-state index in [4.69, 9.17) is 0 Å². The molecule has 1 rings (SSSR count). The second kappa shape index (κ2) is 4.97. The fraction of sp³-hybridized carbons (Fsp3) is 0.0909. The number of benzene rings is 1. The van der Waals surface area contributed by atoms with Crippen LogP contribution >= 0.6 is 0 Å². The third kappa shape index (κ3) is 2.55. The van der Waals surface area contributed by atoms with Crippen molar-refractivity contribution in [3.8, 4) is 0 Å². The van der Waals surface area contributed by atoms with Crippen LogP contribution in [0.5, 0.6) is 0 Å². The highest BCUT2D eigenvalue weighted by molar-refractivity contribution is 6.12. The van der Waals surface area contributed by atoms with Crippen molar-refractivity contribution in [2.24, 2.45) is 4.99 Å². The Labute approximate surface area is 82.7 Å². The highest BCUT2D eigenvalue weighted by Gasteiger charge is 2.01. The monoisotopic (exact) mass is 189 g/mol. The van der Waals surface area contributed by atoms with Crippen molar-refractivity contribution in [2.45, 2.75) is 0 Å². The lowest BCUT2D eigenvalue weighted by Crippen LogP contribution is -2.02. The third-order valence-electron chi connectivity index (χ3n) is 1.65. The number of hydrogen-bond donors (Lipinski definition) is 0. The normalized spacial score (nSPS) is 10.8. The molecule has 1 aromatic rings. The second-order valence-corrected chi connectivity index (χ2v) is 2.54. The Balaban J connectivity index is 2.99. The third-order valence-corrected chi connectivity index (χ3v) is 1.65. The highest BCUT2D eigenvalue weighted by atomic mass is 16.5. The Morgan fingerprint density at radius 2 is 2.07 bits per heavy atom. The van der Waals surface area contributed by atoms with Crippen molar-refractivity contribution in [3.63, 3.8) is 0 Å². The first-order chi connectivity index (χ1) is 6.77. The summed E-state index contributed by atoms with van der Waals surface area (Å²) in [5, 5.41) is 0. The minimum Gasteiger partial charge on any atom is -0.451 e. The number of rotatable bonds is 2. The molecule has 0 atom stereocenters. The quantitative estimate of drug-likeness (QED) is 0.670. The van der Waals surface area contributed by atoms with E-state index in [1.165, 1.54) is 13.2 Å². The zero-order valence-electron chi connectivity index (χ0n) is 7.93. The van der Waals surface area contributed by atoms with Gasteiger partial charge in [0.25, 0.3) is 0 Å². The van der Waals surface area contributed by atoms with E-state index in [1.807, 2.05) is 30.3 Å². The van der Waals surface area contributed by atoms with E-state index >= 15 is 0 Å². The van der Waals surface area contributed by atoms with Crippen molar-refractivity contribution in [1.29, 1.82) is 0 Å². The molecule has 0 radical (unpaired) electrons. The first-order valence-corrected chi connectivity index (χ1v) is 4.12. The van der Waals surface area contributed by atoms with Gasteiger partial charge in [-0.1, -0.05) is 36.9 Å². The van der Waals surface area contributed by atoms with Crippen LogP contribution in [0.25, 0.3) is 0 Å². The molecule has 1 aromatic carbocycles. The number of allylic oxidation sites excluding steroid dienone is 1. The SMILES string of the molecule is C=C/C(=N/C(=O)OC)c1ccccc1. The van der Waals surface area contributed by atoms with Gasteiger partial charge in [0, 0.05) is 5.56 Å². The van der Waals surface area contributed by atoms with Gasteiger partial charge >= 0.3 is 6.09 Å². The van der Waals surface area contributed by atoms with Crippen molar-refractivity contribution >= 4 is 11.8 Å². The average molecular weight is 189 g/mol. The van der Waals surface area contributed by atoms with Crippen LogP contribution in [-0.4, -0.2) is 18.9 Å². The molecule has 3 heteroatoms. The summed E-state index contributed by atoms with van der Waals surface area (Å²) in [5.74, 6) is 0. The van der Waals surface area contributed by atoms with E-state index in [2.05, 4.69) is 16.3 Å². The van der Waals surface area contributed by atoms with E-state index < -0.39 is 6.09 Å². The minimum atomic E-state index is -0.622. The molecule has 0 aliphatic carbocycles. The molecule has 0 aliphatic rings. The van der Waals surface area contributed by atoms with Crippen LogP contribution in [0.15, 0.2) is 48.0 Å². The lowest BCUT2D eigenvalue weighted by Gasteiger charge is -1.99. The molecule has 0 spiro atoms. The number of methoxy groups -OCH3 is 1. The smallest absolute Gasteiger partial charge is 0.433 e. The van der Waals surface area contributed by atoms with Gasteiger partial charge in [0.15, 0.2) is 0 Å². The summed E-state index contributed by atoms with van der Waals surface area (Å²) in [6.07, 6.45) is 0.899. The number of carbonyl (C=O) groups is 1. The maximum absolute atomic E-state index is 10.9. The number of ether oxygens (including phenoxy) is 1. The zero-order chi connectivity index (χ0) is 10.4. The van der Waals surface area contributed by atoms with Crippen LogP contribution in [0.3, 0.4) is 0 Å². The molecule has 3 nitrogen and oxygen atoms in total. The summed E-state index contributed by atoms with van der Waals surface area (Å²) in [4.78, 5) is 14.6. The molecular formula is C11H11NO2. The molecule has 0 aromatic heterocycles. The Kier molecular flexibility index (Phi) is 3.61. The molecule has 0 unspecified atom stereocenters. The number of hydrogen-bond acceptors (Lipinski definition) is 2. The predicted octanol–water partition coefficient (Wildman–Crippen LogP) is 2.43. The van der Waals surface area contributed by atoms with Gasteiger partial charge in [0.1, 0.15) is 0 Å². The van der Waals surface area contributed by atoms with Crippen molar-refractivity contribution in [3.05, 3.63) is 48.6 Å². The van der Waals surface area contributed by atoms with Gasteiger partial charge in [-0.15, -0.1) is 0 Å². The standard InChI is InChI=1S/C11H11NO2/c1-3-10(12-11(13)14-2)9-7-5-4-6-8-9/h3-8H,1H2,2H3/b12-10-. The van der Waals surface area contributed by atoms with Crippen molar-refractivity contribution < 1.29 is 9.53 Å². The highest BCUT2D eigenvalue weighted by Crippen LogP contribution is 2.02. The summed E-state index contributed by atoms with van der Waals surface area (Å²) in [7, 11) is 1.29. The molecule has 0 heterocycles. The molecule has 14 heavy (non-hydrogen) atoms. The number of carbonyl (C=O) groups excluding carboxylic acids is 1. The fourth-order valence-corrected chi connectivity index (χ4v) is 0.981. The first-order valence-electron chi connectivity index (χ1n) is 4.12. The van der Waals surface area contributed by atoms with Gasteiger partial charge in [-0.25, -0.2) is 4.79 Å². The largest absolute Gasteiger partial charge is 0.451 e. The van der Waals surface area contributed by atoms with Crippen molar-refractivity contribution in [1.82, 2.24) is 0 Å². The molecule has 0 bridgehead atoms. The summed E-state index contributed by atoms with van der Waals surface area (Å²) >= 11 is 0. The average Bonchev–Trinajstić information content (AvgIpc) is 2.26. The van der Waals surface area contributed by atoms with E-state index in [-0.39, 0.29) is 0 Å². The Hall–Kier alpha value is -1.90. The van der Waals surface area contributed by atoms with Crippen LogP contribution in [0, 0.1) is 0 Å². The van der Waals surface area contributed by atoms with E-state index in [1.54, 1.807) is 0 Å². The Morgan fingerprint density at radius 3 is 2.57 bits per heavy atom. The van der Waals surface area contributed by atoms with Crippen LogP contribution in [0.1, 0.15) is 5.56 Å². The van der Waals surface area contributed by atoms with E-state index in [0.717, 1.165) is 5.56 Å². The van der Waals surface area contributed by atoms with Gasteiger partial charge in [0.05, 0.1) is 12.8 Å². The van der Waals surface area contributed by atoms with E-state index in [9.17, 15) is 4.79 Å². The van der Waals surface area contributed by atoms with E-state index in [0.29, 0.717) is 5.71 Å². The summed E-state index contributed by atoms with van der Waals surface area (Å²) in [6.45, 7) is 3.59. The minimum absolute atomic E-state index is 0.512. The molecule has 0 saturated heterocycles. The lowest BCUT2D eigenvalue weighted by molar-refractivity contribution is 0.182. The van der Waals surface area contributed by atoms with Gasteiger partial charge in [0.2, 0.25) is 0 Å². The molecule has 0 saturated carbocycles. The Bertz CT molecular complexity index is 355. The van der Waals surface area contributed by atoms with Crippen LogP contribution in [-0.2, 0) is 4.74 Å². The van der Waals surface area contributed by atoms with Gasteiger partial charge < -0.3 is 4.74 Å². The topological polar surface area (TPSA) is 38.7 Å². The van der Waals surface area contributed by atoms with Gasteiger partial charge in [-0.3, -0.25) is 0 Å². The van der Waals surface area contributed by atoms with Crippen LogP contribution in [0.4, 0.5) is 4.79 Å². The number of amides is 1. The molecule has 1 amide bonds. The number of nitrogens with zero attached hydrogens (tertiary/aromatic N) is 1. The Morgan fingerprint density at radius 1 is 1.43 bits per heavy atom. The molecule has 72 valence electrons.